The van der Waals surface area contributed by atoms with Gasteiger partial charge in [-0.15, -0.1) is 11.3 Å². The molecule has 1 saturated carbocycles. The predicted octanol–water partition coefficient (Wildman–Crippen LogP) is 2.03. The molecule has 1 aromatic rings. The van der Waals surface area contributed by atoms with E-state index in [0.717, 1.165) is 11.4 Å². The summed E-state index contributed by atoms with van der Waals surface area (Å²) in [5, 5.41) is 3.39. The normalized spacial score (nSPS) is 16.7. The summed E-state index contributed by atoms with van der Waals surface area (Å²) >= 11 is 1.36. The van der Waals surface area contributed by atoms with E-state index in [1.165, 1.54) is 28.5 Å². The Morgan fingerprint density at radius 3 is 2.67 bits per heavy atom. The quantitative estimate of drug-likeness (QED) is 0.871. The van der Waals surface area contributed by atoms with Crippen molar-refractivity contribution in [3.05, 3.63) is 17.0 Å². The van der Waals surface area contributed by atoms with E-state index in [1.807, 2.05) is 19.9 Å². The maximum atomic E-state index is 12.3. The average molecular weight is 288 g/mol. The van der Waals surface area contributed by atoms with Crippen LogP contribution in [0.15, 0.2) is 16.3 Å². The van der Waals surface area contributed by atoms with E-state index in [0.29, 0.717) is 10.3 Å². The molecule has 0 radical (unpaired) electrons. The number of sulfonamides is 1. The molecule has 6 heteroatoms. The van der Waals surface area contributed by atoms with Crippen molar-refractivity contribution in [3.8, 4) is 0 Å². The molecule has 0 amide bonds. The molecule has 2 rings (SSSR count). The first-order valence-corrected chi connectivity index (χ1v) is 8.47. The molecule has 102 valence electrons. The lowest BCUT2D eigenvalue weighted by molar-refractivity contribution is 0.412. The Bertz CT molecular complexity index is 504. The molecule has 1 aromatic heterocycles. The van der Waals surface area contributed by atoms with E-state index in [2.05, 4.69) is 5.32 Å². The Labute approximate surface area is 113 Å². The van der Waals surface area contributed by atoms with E-state index < -0.39 is 10.0 Å². The first kappa shape index (κ1) is 14.0. The molecule has 0 bridgehead atoms. The molecule has 0 saturated heterocycles. The third-order valence-electron chi connectivity index (χ3n) is 3.14. The van der Waals surface area contributed by atoms with Gasteiger partial charge in [0.15, 0.2) is 0 Å². The Balaban J connectivity index is 2.07. The highest BCUT2D eigenvalue weighted by atomic mass is 32.2. The third-order valence-corrected chi connectivity index (χ3v) is 6.73. The fourth-order valence-corrected chi connectivity index (χ4v) is 4.40. The van der Waals surface area contributed by atoms with Gasteiger partial charge in [-0.3, -0.25) is 0 Å². The molecule has 0 aromatic carbocycles. The van der Waals surface area contributed by atoms with Crippen molar-refractivity contribution in [2.45, 2.75) is 49.5 Å². The molecule has 1 fully saturated rings. The number of nitrogens with zero attached hydrogens (tertiary/aromatic N) is 1. The second kappa shape index (κ2) is 5.28. The van der Waals surface area contributed by atoms with Crippen LogP contribution >= 0.6 is 11.3 Å². The minimum atomic E-state index is -3.32. The number of nitrogens with one attached hydrogen (secondary N) is 1. The molecule has 18 heavy (non-hydrogen) atoms. The van der Waals surface area contributed by atoms with E-state index in [9.17, 15) is 8.42 Å². The van der Waals surface area contributed by atoms with E-state index in [4.69, 9.17) is 0 Å². The highest BCUT2D eigenvalue weighted by Gasteiger charge is 2.25. The van der Waals surface area contributed by atoms with Crippen LogP contribution in [0.3, 0.4) is 0 Å². The third kappa shape index (κ3) is 3.12. The van der Waals surface area contributed by atoms with Crippen LogP contribution < -0.4 is 5.32 Å². The van der Waals surface area contributed by atoms with Crippen LogP contribution in [-0.4, -0.2) is 31.9 Å². The highest BCUT2D eigenvalue weighted by Crippen LogP contribution is 2.26. The van der Waals surface area contributed by atoms with E-state index >= 15 is 0 Å². The molecule has 1 aliphatic carbocycles. The highest BCUT2D eigenvalue weighted by molar-refractivity contribution is 7.91. The summed E-state index contributed by atoms with van der Waals surface area (Å²) in [5.74, 6) is 0. The molecule has 0 unspecified atom stereocenters. The van der Waals surface area contributed by atoms with Crippen LogP contribution in [0.1, 0.15) is 31.6 Å². The standard InChI is InChI=1S/C12H20N2O2S2/c1-9(2)14(3)18(15,16)12-7-6-11(17-12)8-13-10-4-5-10/h6-7,9-10,13H,4-5,8H2,1-3H3. The first-order chi connectivity index (χ1) is 8.41. The smallest absolute Gasteiger partial charge is 0.252 e. The summed E-state index contributed by atoms with van der Waals surface area (Å²) in [4.78, 5) is 1.08. The summed E-state index contributed by atoms with van der Waals surface area (Å²) in [5.41, 5.74) is 0. The van der Waals surface area contributed by atoms with Crippen LogP contribution in [0.5, 0.6) is 0 Å². The second-order valence-electron chi connectivity index (χ2n) is 4.99. The van der Waals surface area contributed by atoms with Gasteiger partial charge in [0.25, 0.3) is 10.0 Å². The lowest BCUT2D eigenvalue weighted by Gasteiger charge is -2.19. The zero-order valence-corrected chi connectivity index (χ0v) is 12.6. The number of rotatable bonds is 6. The topological polar surface area (TPSA) is 49.4 Å². The predicted molar refractivity (Wildman–Crippen MR) is 74.3 cm³/mol. The minimum Gasteiger partial charge on any atom is -0.309 e. The summed E-state index contributed by atoms with van der Waals surface area (Å²) in [6.45, 7) is 4.53. The van der Waals surface area contributed by atoms with E-state index in [1.54, 1.807) is 13.1 Å². The molecule has 1 N–H and O–H groups in total. The van der Waals surface area contributed by atoms with Gasteiger partial charge in [-0.2, -0.15) is 4.31 Å². The Morgan fingerprint density at radius 2 is 2.11 bits per heavy atom. The van der Waals surface area contributed by atoms with Crippen molar-refractivity contribution < 1.29 is 8.42 Å². The summed E-state index contributed by atoms with van der Waals surface area (Å²) in [6.07, 6.45) is 2.49. The monoisotopic (exact) mass is 288 g/mol. The molecule has 4 nitrogen and oxygen atoms in total. The lowest BCUT2D eigenvalue weighted by Crippen LogP contribution is -2.32. The van der Waals surface area contributed by atoms with Crippen LogP contribution in [0.4, 0.5) is 0 Å². The molecule has 0 aliphatic heterocycles. The number of hydrogen-bond acceptors (Lipinski definition) is 4. The summed E-state index contributed by atoms with van der Waals surface area (Å²) < 4.78 is 26.4. The van der Waals surface area contributed by atoms with Crippen LogP contribution in [0.2, 0.25) is 0 Å². The molecule has 0 atom stereocenters. The van der Waals surface area contributed by atoms with Crippen molar-refractivity contribution in [2.24, 2.45) is 0 Å². The van der Waals surface area contributed by atoms with Gasteiger partial charge in [0.05, 0.1) is 0 Å². The fraction of sp³-hybridized carbons (Fsp3) is 0.667. The first-order valence-electron chi connectivity index (χ1n) is 6.21. The van der Waals surface area contributed by atoms with Gasteiger partial charge in [-0.25, -0.2) is 8.42 Å². The maximum absolute atomic E-state index is 12.3. The summed E-state index contributed by atoms with van der Waals surface area (Å²) in [6, 6.07) is 4.24. The van der Waals surface area contributed by atoms with Gasteiger partial charge in [0, 0.05) is 30.6 Å². The van der Waals surface area contributed by atoms with Crippen LogP contribution in [0.25, 0.3) is 0 Å². The van der Waals surface area contributed by atoms with Gasteiger partial charge in [0.2, 0.25) is 0 Å². The van der Waals surface area contributed by atoms with Gasteiger partial charge < -0.3 is 5.32 Å². The van der Waals surface area contributed by atoms with E-state index in [-0.39, 0.29) is 6.04 Å². The summed E-state index contributed by atoms with van der Waals surface area (Å²) in [7, 11) is -1.69. The minimum absolute atomic E-state index is 0.0230. The van der Waals surface area contributed by atoms with Gasteiger partial charge in [-0.1, -0.05) is 0 Å². The van der Waals surface area contributed by atoms with Crippen molar-refractivity contribution >= 4 is 21.4 Å². The maximum Gasteiger partial charge on any atom is 0.252 e. The Hall–Kier alpha value is -0.430. The molecular weight excluding hydrogens is 268 g/mol. The van der Waals surface area contributed by atoms with Crippen LogP contribution in [-0.2, 0) is 16.6 Å². The van der Waals surface area contributed by atoms with Gasteiger partial charge in [-0.05, 0) is 38.8 Å². The van der Waals surface area contributed by atoms with Crippen molar-refractivity contribution in [2.75, 3.05) is 7.05 Å². The number of thiophene rings is 1. The zero-order valence-electron chi connectivity index (χ0n) is 11.0. The Morgan fingerprint density at radius 1 is 1.44 bits per heavy atom. The fourth-order valence-electron chi connectivity index (χ4n) is 1.54. The molecule has 1 aliphatic rings. The Kier molecular flexibility index (Phi) is 4.11. The SMILES string of the molecule is CC(C)N(C)S(=O)(=O)c1ccc(CNC2CC2)s1. The van der Waals surface area contributed by atoms with Gasteiger partial charge in [0.1, 0.15) is 4.21 Å². The van der Waals surface area contributed by atoms with Crippen LogP contribution in [0, 0.1) is 0 Å². The van der Waals surface area contributed by atoms with Crippen molar-refractivity contribution in [1.29, 1.82) is 0 Å². The van der Waals surface area contributed by atoms with Crippen molar-refractivity contribution in [1.82, 2.24) is 9.62 Å². The van der Waals surface area contributed by atoms with Crippen molar-refractivity contribution in [3.63, 3.8) is 0 Å². The average Bonchev–Trinajstić information content (AvgIpc) is 3.01. The lowest BCUT2D eigenvalue weighted by atomic mass is 10.4. The molecule has 0 spiro atoms. The second-order valence-corrected chi connectivity index (χ2v) is 8.38. The largest absolute Gasteiger partial charge is 0.309 e. The molecular formula is C12H20N2O2S2. The number of hydrogen-bond donors (Lipinski definition) is 1. The van der Waals surface area contributed by atoms with Gasteiger partial charge >= 0.3 is 0 Å². The zero-order chi connectivity index (χ0) is 13.3. The molecule has 1 heterocycles.